The number of aryl methyl sites for hydroxylation is 1. The van der Waals surface area contributed by atoms with Gasteiger partial charge in [0, 0.05) is 12.0 Å². The highest BCUT2D eigenvalue weighted by molar-refractivity contribution is 5.77. The van der Waals surface area contributed by atoms with Crippen molar-refractivity contribution in [1.82, 2.24) is 5.32 Å². The summed E-state index contributed by atoms with van der Waals surface area (Å²) in [5.41, 5.74) is 2.70. The zero-order valence-corrected chi connectivity index (χ0v) is 10.6. The Morgan fingerprint density at radius 3 is 2.50 bits per heavy atom. The summed E-state index contributed by atoms with van der Waals surface area (Å²) in [5, 5.41) is 3.20. The van der Waals surface area contributed by atoms with E-state index in [1.54, 1.807) is 6.92 Å². The van der Waals surface area contributed by atoms with Gasteiger partial charge >= 0.3 is 0 Å². The molecule has 16 heavy (non-hydrogen) atoms. The number of benzene rings is 1. The SMILES string of the molecule is CC(=O)CNCC(C)(C)c1ccccc1C. The molecular formula is C14H21NO. The van der Waals surface area contributed by atoms with Gasteiger partial charge in [-0.2, -0.15) is 0 Å². The van der Waals surface area contributed by atoms with E-state index in [4.69, 9.17) is 0 Å². The van der Waals surface area contributed by atoms with Gasteiger partial charge in [0.2, 0.25) is 0 Å². The lowest BCUT2D eigenvalue weighted by molar-refractivity contribution is -0.116. The first kappa shape index (κ1) is 12.9. The average Bonchev–Trinajstić information content (AvgIpc) is 2.17. The first-order valence-corrected chi connectivity index (χ1v) is 5.70. The van der Waals surface area contributed by atoms with Gasteiger partial charge in [-0.15, -0.1) is 0 Å². The Bertz CT molecular complexity index is 369. The molecule has 0 atom stereocenters. The molecule has 0 radical (unpaired) electrons. The van der Waals surface area contributed by atoms with Crippen molar-refractivity contribution in [2.75, 3.05) is 13.1 Å². The monoisotopic (exact) mass is 219 g/mol. The van der Waals surface area contributed by atoms with Crippen molar-refractivity contribution >= 4 is 5.78 Å². The van der Waals surface area contributed by atoms with Crippen LogP contribution in [0.3, 0.4) is 0 Å². The van der Waals surface area contributed by atoms with E-state index in [0.717, 1.165) is 6.54 Å². The fourth-order valence-corrected chi connectivity index (χ4v) is 1.98. The minimum Gasteiger partial charge on any atom is -0.309 e. The molecule has 0 spiro atoms. The van der Waals surface area contributed by atoms with Crippen LogP contribution in [-0.2, 0) is 10.2 Å². The summed E-state index contributed by atoms with van der Waals surface area (Å²) in [6, 6.07) is 8.40. The van der Waals surface area contributed by atoms with Gasteiger partial charge < -0.3 is 5.32 Å². The summed E-state index contributed by atoms with van der Waals surface area (Å²) in [7, 11) is 0. The molecule has 0 saturated carbocycles. The number of carbonyl (C=O) groups is 1. The van der Waals surface area contributed by atoms with Gasteiger partial charge in [0.15, 0.2) is 0 Å². The Morgan fingerprint density at radius 2 is 1.94 bits per heavy atom. The van der Waals surface area contributed by atoms with Crippen molar-refractivity contribution < 1.29 is 4.79 Å². The van der Waals surface area contributed by atoms with Gasteiger partial charge in [-0.1, -0.05) is 38.1 Å². The largest absolute Gasteiger partial charge is 0.309 e. The standard InChI is InChI=1S/C14H21NO/c1-11-7-5-6-8-13(11)14(3,4)10-15-9-12(2)16/h5-8,15H,9-10H2,1-4H3. The summed E-state index contributed by atoms with van der Waals surface area (Å²) in [6.07, 6.45) is 0. The fraction of sp³-hybridized carbons (Fsp3) is 0.500. The Labute approximate surface area is 98.1 Å². The Hall–Kier alpha value is -1.15. The Kier molecular flexibility index (Phi) is 4.25. The third kappa shape index (κ3) is 3.46. The van der Waals surface area contributed by atoms with Gasteiger partial charge in [0.1, 0.15) is 5.78 Å². The Balaban J connectivity index is 2.70. The molecule has 0 amide bonds. The maximum atomic E-state index is 10.9. The smallest absolute Gasteiger partial charge is 0.143 e. The molecule has 1 aromatic rings. The normalized spacial score (nSPS) is 11.5. The maximum absolute atomic E-state index is 10.9. The zero-order chi connectivity index (χ0) is 12.2. The lowest BCUT2D eigenvalue weighted by Gasteiger charge is -2.27. The summed E-state index contributed by atoms with van der Waals surface area (Å²) in [6.45, 7) is 9.40. The average molecular weight is 219 g/mol. The van der Waals surface area contributed by atoms with Gasteiger partial charge in [-0.3, -0.25) is 4.79 Å². The molecule has 0 aliphatic rings. The molecule has 2 heteroatoms. The molecule has 1 aromatic carbocycles. The van der Waals surface area contributed by atoms with E-state index < -0.39 is 0 Å². The molecule has 0 saturated heterocycles. The molecule has 1 N–H and O–H groups in total. The number of nitrogens with one attached hydrogen (secondary N) is 1. The number of hydrogen-bond donors (Lipinski definition) is 1. The molecule has 0 aliphatic carbocycles. The van der Waals surface area contributed by atoms with Gasteiger partial charge in [0.05, 0.1) is 6.54 Å². The van der Waals surface area contributed by atoms with Crippen LogP contribution in [0.25, 0.3) is 0 Å². The van der Waals surface area contributed by atoms with Crippen LogP contribution in [-0.4, -0.2) is 18.9 Å². The second kappa shape index (κ2) is 5.26. The minimum absolute atomic E-state index is 0.0563. The van der Waals surface area contributed by atoms with Gasteiger partial charge in [-0.05, 0) is 25.0 Å². The third-order valence-electron chi connectivity index (χ3n) is 2.82. The highest BCUT2D eigenvalue weighted by atomic mass is 16.1. The summed E-state index contributed by atoms with van der Waals surface area (Å²) >= 11 is 0. The van der Waals surface area contributed by atoms with Crippen molar-refractivity contribution in [3.05, 3.63) is 35.4 Å². The van der Waals surface area contributed by atoms with Crippen molar-refractivity contribution in [3.63, 3.8) is 0 Å². The highest BCUT2D eigenvalue weighted by Crippen LogP contribution is 2.25. The van der Waals surface area contributed by atoms with Crippen LogP contribution in [0.2, 0.25) is 0 Å². The van der Waals surface area contributed by atoms with Crippen LogP contribution in [0.15, 0.2) is 24.3 Å². The molecule has 0 heterocycles. The molecular weight excluding hydrogens is 198 g/mol. The van der Waals surface area contributed by atoms with E-state index in [2.05, 4.69) is 50.4 Å². The van der Waals surface area contributed by atoms with E-state index in [0.29, 0.717) is 6.54 Å². The Morgan fingerprint density at radius 1 is 1.31 bits per heavy atom. The fourth-order valence-electron chi connectivity index (χ4n) is 1.98. The van der Waals surface area contributed by atoms with Crippen molar-refractivity contribution in [2.45, 2.75) is 33.1 Å². The highest BCUT2D eigenvalue weighted by Gasteiger charge is 2.21. The van der Waals surface area contributed by atoms with Crippen LogP contribution >= 0.6 is 0 Å². The maximum Gasteiger partial charge on any atom is 0.143 e. The molecule has 0 bridgehead atoms. The molecule has 0 aliphatic heterocycles. The second-order valence-electron chi connectivity index (χ2n) is 5.00. The van der Waals surface area contributed by atoms with E-state index in [1.807, 2.05) is 0 Å². The molecule has 2 nitrogen and oxygen atoms in total. The number of hydrogen-bond acceptors (Lipinski definition) is 2. The summed E-state index contributed by atoms with van der Waals surface area (Å²) in [5.74, 6) is 0.181. The summed E-state index contributed by atoms with van der Waals surface area (Å²) in [4.78, 5) is 10.9. The molecule has 1 rings (SSSR count). The first-order valence-electron chi connectivity index (χ1n) is 5.70. The van der Waals surface area contributed by atoms with Crippen LogP contribution in [0.5, 0.6) is 0 Å². The van der Waals surface area contributed by atoms with E-state index >= 15 is 0 Å². The van der Waals surface area contributed by atoms with E-state index in [1.165, 1.54) is 11.1 Å². The van der Waals surface area contributed by atoms with Crippen molar-refractivity contribution in [3.8, 4) is 0 Å². The van der Waals surface area contributed by atoms with E-state index in [-0.39, 0.29) is 11.2 Å². The predicted molar refractivity (Wildman–Crippen MR) is 67.8 cm³/mol. The lowest BCUT2D eigenvalue weighted by atomic mass is 9.82. The summed E-state index contributed by atoms with van der Waals surface area (Å²) < 4.78 is 0. The van der Waals surface area contributed by atoms with E-state index in [9.17, 15) is 4.79 Å². The van der Waals surface area contributed by atoms with Crippen LogP contribution < -0.4 is 5.32 Å². The molecule has 0 unspecified atom stereocenters. The number of rotatable bonds is 5. The molecule has 0 aromatic heterocycles. The van der Waals surface area contributed by atoms with Gasteiger partial charge in [0.25, 0.3) is 0 Å². The third-order valence-corrected chi connectivity index (χ3v) is 2.82. The number of Topliss-reactive ketones (excluding diaryl/α,β-unsaturated/α-hetero) is 1. The van der Waals surface area contributed by atoms with Gasteiger partial charge in [-0.25, -0.2) is 0 Å². The number of carbonyl (C=O) groups excluding carboxylic acids is 1. The van der Waals surface area contributed by atoms with Crippen LogP contribution in [0.4, 0.5) is 0 Å². The second-order valence-corrected chi connectivity index (χ2v) is 5.00. The molecule has 0 fully saturated rings. The first-order chi connectivity index (χ1) is 7.43. The number of ketones is 1. The van der Waals surface area contributed by atoms with Crippen molar-refractivity contribution in [1.29, 1.82) is 0 Å². The van der Waals surface area contributed by atoms with Crippen LogP contribution in [0.1, 0.15) is 31.9 Å². The van der Waals surface area contributed by atoms with Crippen LogP contribution in [0, 0.1) is 6.92 Å². The minimum atomic E-state index is 0.0563. The lowest BCUT2D eigenvalue weighted by Crippen LogP contribution is -2.35. The predicted octanol–water partition coefficient (Wildman–Crippen LogP) is 2.45. The zero-order valence-electron chi connectivity index (χ0n) is 10.6. The topological polar surface area (TPSA) is 29.1 Å². The molecule has 88 valence electrons. The quantitative estimate of drug-likeness (QED) is 0.824. The van der Waals surface area contributed by atoms with Crippen molar-refractivity contribution in [2.24, 2.45) is 0 Å².